The molecule has 0 atom stereocenters. The molecule has 3 rings (SSSR count). The molecular formula is C16H13N2O4+. The first-order chi connectivity index (χ1) is 10.6. The van der Waals surface area contributed by atoms with Crippen LogP contribution >= 0.6 is 0 Å². The van der Waals surface area contributed by atoms with Crippen LogP contribution in [0.1, 0.15) is 26.3 Å². The van der Waals surface area contributed by atoms with Crippen molar-refractivity contribution in [1.29, 1.82) is 0 Å². The minimum Gasteiger partial charge on any atom is -0.308 e. The van der Waals surface area contributed by atoms with E-state index in [0.29, 0.717) is 12.8 Å². The molecule has 1 aliphatic heterocycles. The van der Waals surface area contributed by atoms with Gasteiger partial charge in [-0.25, -0.2) is 5.21 Å². The highest BCUT2D eigenvalue weighted by Crippen LogP contribution is 2.29. The van der Waals surface area contributed by atoms with Gasteiger partial charge in [0.25, 0.3) is 10.8 Å². The van der Waals surface area contributed by atoms with E-state index in [-0.39, 0.29) is 22.7 Å². The topological polar surface area (TPSA) is 77.7 Å². The zero-order valence-electron chi connectivity index (χ0n) is 11.6. The van der Waals surface area contributed by atoms with Crippen molar-refractivity contribution in [1.82, 2.24) is 0 Å². The number of hydrogen-bond acceptors (Lipinski definition) is 3. The Balaban J connectivity index is 1.99. The van der Waals surface area contributed by atoms with Crippen LogP contribution in [0.25, 0.3) is 0 Å². The summed E-state index contributed by atoms with van der Waals surface area (Å²) in [6.45, 7) is 0.559. The predicted molar refractivity (Wildman–Crippen MR) is 78.7 cm³/mol. The minimum absolute atomic E-state index is 0.0240. The van der Waals surface area contributed by atoms with Gasteiger partial charge in [-0.15, -0.1) is 0 Å². The Morgan fingerprint density at radius 3 is 2.73 bits per heavy atom. The Kier molecular flexibility index (Phi) is 3.42. The molecule has 0 aliphatic carbocycles. The van der Waals surface area contributed by atoms with Crippen molar-refractivity contribution >= 4 is 23.6 Å². The highest BCUT2D eigenvalue weighted by atomic mass is 16.6. The fourth-order valence-corrected chi connectivity index (χ4v) is 2.65. The second-order valence-corrected chi connectivity index (χ2v) is 5.00. The number of anilines is 1. The van der Waals surface area contributed by atoms with E-state index in [4.69, 9.17) is 5.21 Å². The van der Waals surface area contributed by atoms with Crippen LogP contribution < -0.4 is 4.90 Å². The molecule has 0 bridgehead atoms. The van der Waals surface area contributed by atoms with E-state index in [0.717, 1.165) is 17.7 Å². The van der Waals surface area contributed by atoms with Crippen LogP contribution in [0, 0.1) is 4.91 Å². The summed E-state index contributed by atoms with van der Waals surface area (Å²) in [5, 5.41) is 9.06. The number of benzene rings is 2. The van der Waals surface area contributed by atoms with Crippen LogP contribution in [-0.2, 0) is 6.42 Å². The van der Waals surface area contributed by atoms with Gasteiger partial charge < -0.3 is 4.90 Å². The maximum Gasteiger partial charge on any atom is 0.327 e. The van der Waals surface area contributed by atoms with Gasteiger partial charge in [0, 0.05) is 23.9 Å². The molecule has 6 nitrogen and oxygen atoms in total. The maximum absolute atomic E-state index is 12.6. The highest BCUT2D eigenvalue weighted by Gasteiger charge is 2.27. The van der Waals surface area contributed by atoms with E-state index < -0.39 is 4.92 Å². The van der Waals surface area contributed by atoms with Crippen LogP contribution in [-0.4, -0.2) is 28.9 Å². The van der Waals surface area contributed by atoms with Gasteiger partial charge in [0.1, 0.15) is 0 Å². The predicted octanol–water partition coefficient (Wildman–Crippen LogP) is 2.50. The Labute approximate surface area is 126 Å². The first kappa shape index (κ1) is 13.9. The number of amides is 1. The van der Waals surface area contributed by atoms with E-state index >= 15 is 0 Å². The average molecular weight is 297 g/mol. The quantitative estimate of drug-likeness (QED) is 0.697. The Bertz CT molecular complexity index is 785. The molecule has 0 spiro atoms. The fourth-order valence-electron chi connectivity index (χ4n) is 2.65. The van der Waals surface area contributed by atoms with Gasteiger partial charge in [0.2, 0.25) is 0 Å². The van der Waals surface area contributed by atoms with Gasteiger partial charge in [-0.1, -0.05) is 18.2 Å². The van der Waals surface area contributed by atoms with Gasteiger partial charge in [-0.05, 0) is 30.2 Å². The molecule has 0 fully saturated rings. The molecule has 1 aliphatic rings. The van der Waals surface area contributed by atoms with Gasteiger partial charge in [0.15, 0.2) is 6.29 Å². The van der Waals surface area contributed by atoms with Crippen LogP contribution in [0.3, 0.4) is 0 Å². The number of carbonyl (C=O) groups is 2. The molecule has 0 unspecified atom stereocenters. The summed E-state index contributed by atoms with van der Waals surface area (Å²) in [4.78, 5) is 35.8. The Morgan fingerprint density at radius 2 is 2.00 bits per heavy atom. The van der Waals surface area contributed by atoms with Crippen molar-refractivity contribution < 1.29 is 19.7 Å². The zero-order chi connectivity index (χ0) is 15.7. The van der Waals surface area contributed by atoms with Crippen LogP contribution in [0.2, 0.25) is 0 Å². The third-order valence-corrected chi connectivity index (χ3v) is 3.74. The molecule has 1 heterocycles. The second-order valence-electron chi connectivity index (χ2n) is 5.00. The number of rotatable bonds is 3. The van der Waals surface area contributed by atoms with Gasteiger partial charge in [-0.3, -0.25) is 9.59 Å². The molecule has 0 aromatic heterocycles. The molecule has 0 saturated carbocycles. The van der Waals surface area contributed by atoms with Crippen molar-refractivity contribution in [2.24, 2.45) is 0 Å². The third-order valence-electron chi connectivity index (χ3n) is 3.74. The summed E-state index contributed by atoms with van der Waals surface area (Å²) in [7, 11) is 0. The Morgan fingerprint density at radius 1 is 1.23 bits per heavy atom. The highest BCUT2D eigenvalue weighted by molar-refractivity contribution is 6.08. The first-order valence-corrected chi connectivity index (χ1v) is 6.77. The van der Waals surface area contributed by atoms with E-state index in [2.05, 4.69) is 0 Å². The van der Waals surface area contributed by atoms with E-state index in [1.165, 1.54) is 18.2 Å². The summed E-state index contributed by atoms with van der Waals surface area (Å²) in [5.74, 6) is -0.273. The zero-order valence-corrected chi connectivity index (χ0v) is 11.6. The lowest BCUT2D eigenvalue weighted by Crippen LogP contribution is -2.28. The number of hydrogen-bond donors (Lipinski definition) is 1. The molecule has 1 N–H and O–H groups in total. The molecule has 0 saturated heterocycles. The van der Waals surface area contributed by atoms with Crippen LogP contribution in [0.4, 0.5) is 11.4 Å². The monoisotopic (exact) mass is 297 g/mol. The van der Waals surface area contributed by atoms with E-state index in [1.54, 1.807) is 4.90 Å². The van der Waals surface area contributed by atoms with E-state index in [1.807, 2.05) is 24.3 Å². The number of nitrogens with zero attached hydrogens (tertiary/aromatic N) is 2. The largest absolute Gasteiger partial charge is 0.327 e. The van der Waals surface area contributed by atoms with Gasteiger partial charge in [-0.2, -0.15) is 0 Å². The number of carbonyl (C=O) groups excluding carboxylic acids is 2. The van der Waals surface area contributed by atoms with Crippen molar-refractivity contribution in [2.45, 2.75) is 6.42 Å². The molecule has 110 valence electrons. The molecule has 0 radical (unpaired) electrons. The van der Waals surface area contributed by atoms with Crippen LogP contribution in [0.5, 0.6) is 0 Å². The third kappa shape index (κ3) is 2.24. The first-order valence-electron chi connectivity index (χ1n) is 6.77. The summed E-state index contributed by atoms with van der Waals surface area (Å²) in [6.07, 6.45) is 1.23. The number of fused-ring (bicyclic) bond motifs is 1. The lowest BCUT2D eigenvalue weighted by Gasteiger charge is -2.17. The lowest BCUT2D eigenvalue weighted by molar-refractivity contribution is -0.729. The fraction of sp³-hybridized carbons (Fsp3) is 0.125. The van der Waals surface area contributed by atoms with Crippen molar-refractivity contribution in [3.8, 4) is 0 Å². The second kappa shape index (κ2) is 5.40. The molecule has 1 amide bonds. The Hall–Kier alpha value is -3.02. The van der Waals surface area contributed by atoms with Gasteiger partial charge in [0.05, 0.1) is 10.5 Å². The normalized spacial score (nSPS) is 12.8. The number of para-hydroxylation sites is 1. The summed E-state index contributed by atoms with van der Waals surface area (Å²) in [6, 6.07) is 11.7. The summed E-state index contributed by atoms with van der Waals surface area (Å²) in [5.41, 5.74) is 1.96. The van der Waals surface area contributed by atoms with Crippen molar-refractivity contribution in [3.05, 3.63) is 64.1 Å². The van der Waals surface area contributed by atoms with Gasteiger partial charge >= 0.3 is 5.69 Å². The summed E-state index contributed by atoms with van der Waals surface area (Å²) >= 11 is 0. The molecule has 2 aromatic carbocycles. The molecule has 2 aromatic rings. The van der Waals surface area contributed by atoms with Crippen molar-refractivity contribution in [2.75, 3.05) is 11.4 Å². The van der Waals surface area contributed by atoms with Crippen LogP contribution in [0.15, 0.2) is 42.5 Å². The average Bonchev–Trinajstić information content (AvgIpc) is 2.97. The molecular weight excluding hydrogens is 284 g/mol. The molecule has 6 heteroatoms. The standard InChI is InChI=1S/C16H13N2O4/c19-10-13-6-5-12(9-15(13)18(21)22)16(20)17-8-7-11-3-1-2-4-14(11)17/h1-6,9-10H,7-8H2,(H,21,22)/q+1. The van der Waals surface area contributed by atoms with E-state index in [9.17, 15) is 14.5 Å². The van der Waals surface area contributed by atoms with Crippen molar-refractivity contribution in [3.63, 3.8) is 0 Å². The smallest absolute Gasteiger partial charge is 0.308 e. The maximum atomic E-state index is 12.6. The lowest BCUT2D eigenvalue weighted by atomic mass is 10.1. The summed E-state index contributed by atoms with van der Waals surface area (Å²) < 4.78 is 0. The minimum atomic E-state index is -0.404. The molecule has 22 heavy (non-hydrogen) atoms. The SMILES string of the molecule is O=Cc1ccc(C(=O)N2CCc3ccccc32)cc1[N+](=O)O. The number of aldehydes is 1.